The van der Waals surface area contributed by atoms with Crippen LogP contribution in [0.3, 0.4) is 0 Å². The summed E-state index contributed by atoms with van der Waals surface area (Å²) in [4.78, 5) is 27.9. The normalized spacial score (nSPS) is 12.1. The maximum atomic E-state index is 12.4. The number of carboxylic acids is 1. The van der Waals surface area contributed by atoms with Crippen LogP contribution in [0, 0.1) is 0 Å². The second-order valence-electron chi connectivity index (χ2n) is 5.25. The molecule has 0 bridgehead atoms. The van der Waals surface area contributed by atoms with Crippen LogP contribution < -0.4 is 5.32 Å². The molecule has 3 heterocycles. The lowest BCUT2D eigenvalue weighted by atomic mass is 10.3. The fraction of sp³-hybridized carbons (Fsp3) is 0.267. The van der Waals surface area contributed by atoms with Crippen LogP contribution in [0.2, 0.25) is 0 Å². The molecule has 2 N–H and O–H groups in total. The lowest BCUT2D eigenvalue weighted by Crippen LogP contribution is -2.24. The quantitative estimate of drug-likeness (QED) is 0.696. The Morgan fingerprint density at radius 1 is 1.40 bits per heavy atom. The molecule has 1 amide bonds. The van der Waals surface area contributed by atoms with Crippen LogP contribution in [0.5, 0.6) is 0 Å². The van der Waals surface area contributed by atoms with Crippen LogP contribution in [-0.2, 0) is 11.3 Å². The van der Waals surface area contributed by atoms with Crippen molar-refractivity contribution in [3.05, 3.63) is 35.7 Å². The minimum absolute atomic E-state index is 0.158. The van der Waals surface area contributed by atoms with Gasteiger partial charge in [0.15, 0.2) is 5.13 Å². The van der Waals surface area contributed by atoms with Crippen molar-refractivity contribution in [1.29, 1.82) is 0 Å². The number of carbonyl (C=O) groups is 2. The molecule has 0 aromatic carbocycles. The van der Waals surface area contributed by atoms with E-state index in [1.54, 1.807) is 10.9 Å². The van der Waals surface area contributed by atoms with Crippen LogP contribution in [0.1, 0.15) is 30.4 Å². The molecular formula is C15H16N6O3S. The maximum absolute atomic E-state index is 12.4. The molecule has 25 heavy (non-hydrogen) atoms. The van der Waals surface area contributed by atoms with Gasteiger partial charge in [-0.15, -0.1) is 11.3 Å². The maximum Gasteiger partial charge on any atom is 0.328 e. The molecule has 0 aliphatic rings. The summed E-state index contributed by atoms with van der Waals surface area (Å²) in [7, 11) is 0. The van der Waals surface area contributed by atoms with Gasteiger partial charge in [-0.25, -0.2) is 14.5 Å². The van der Waals surface area contributed by atoms with Gasteiger partial charge in [-0.1, -0.05) is 0 Å². The van der Waals surface area contributed by atoms with Crippen molar-refractivity contribution >= 4 is 28.3 Å². The van der Waals surface area contributed by atoms with Gasteiger partial charge in [0.25, 0.3) is 5.91 Å². The van der Waals surface area contributed by atoms with Crippen molar-refractivity contribution in [2.75, 3.05) is 5.32 Å². The average molecular weight is 360 g/mol. The molecule has 1 unspecified atom stereocenters. The summed E-state index contributed by atoms with van der Waals surface area (Å²) < 4.78 is 2.95. The first-order valence-corrected chi connectivity index (χ1v) is 8.43. The van der Waals surface area contributed by atoms with Crippen molar-refractivity contribution in [1.82, 2.24) is 24.5 Å². The lowest BCUT2D eigenvalue weighted by Gasteiger charge is -2.10. The number of aromatic nitrogens is 5. The third-order valence-electron chi connectivity index (χ3n) is 3.60. The summed E-state index contributed by atoms with van der Waals surface area (Å²) in [6.45, 7) is 4.21. The number of carboxylic acid groups (broad SMARTS) is 1. The number of aliphatic carboxylic acids is 1. The van der Waals surface area contributed by atoms with Gasteiger partial charge >= 0.3 is 5.97 Å². The number of nitrogens with one attached hydrogen (secondary N) is 1. The topological polar surface area (TPSA) is 115 Å². The molecule has 3 aromatic heterocycles. The summed E-state index contributed by atoms with van der Waals surface area (Å²) in [5.41, 5.74) is 1.74. The van der Waals surface area contributed by atoms with Gasteiger partial charge in [-0.05, 0) is 19.9 Å². The number of aryl methyl sites for hydroxylation is 1. The Hall–Kier alpha value is -3.01. The molecule has 0 saturated heterocycles. The number of amides is 1. The highest BCUT2D eigenvalue weighted by Crippen LogP contribution is 2.25. The predicted octanol–water partition coefficient (Wildman–Crippen LogP) is 2.12. The zero-order valence-electron chi connectivity index (χ0n) is 13.6. The van der Waals surface area contributed by atoms with Gasteiger partial charge in [0, 0.05) is 29.9 Å². The standard InChI is InChI=1S/C15H16N6O3S/c1-3-20-7-10(6-17-20)11-8-25-15(18-11)19-13(22)12-4-5-16-21(12)9(2)14(23)24/h4-9H,3H2,1-2H3,(H,23,24)(H,18,19,22). The van der Waals surface area contributed by atoms with Gasteiger partial charge in [-0.3, -0.25) is 14.8 Å². The third kappa shape index (κ3) is 3.43. The summed E-state index contributed by atoms with van der Waals surface area (Å²) in [6, 6.07) is 0.525. The molecule has 0 aliphatic heterocycles. The van der Waals surface area contributed by atoms with Gasteiger partial charge in [0.1, 0.15) is 11.7 Å². The van der Waals surface area contributed by atoms with Crippen LogP contribution in [0.25, 0.3) is 11.3 Å². The van der Waals surface area contributed by atoms with E-state index in [-0.39, 0.29) is 5.69 Å². The highest BCUT2D eigenvalue weighted by Gasteiger charge is 2.21. The molecule has 130 valence electrons. The summed E-state index contributed by atoms with van der Waals surface area (Å²) in [5, 5.41) is 22.1. The number of rotatable bonds is 6. The summed E-state index contributed by atoms with van der Waals surface area (Å²) in [5.74, 6) is -1.53. The second kappa shape index (κ2) is 6.85. The molecule has 0 fully saturated rings. The molecule has 0 aliphatic carbocycles. The van der Waals surface area contributed by atoms with Crippen molar-refractivity contribution in [2.24, 2.45) is 0 Å². The van der Waals surface area contributed by atoms with Crippen molar-refractivity contribution in [3.8, 4) is 11.3 Å². The largest absolute Gasteiger partial charge is 0.480 e. The van der Waals surface area contributed by atoms with E-state index in [1.165, 1.54) is 30.5 Å². The van der Waals surface area contributed by atoms with Crippen LogP contribution in [-0.4, -0.2) is 41.5 Å². The Labute approximate surface area is 146 Å². The second-order valence-corrected chi connectivity index (χ2v) is 6.11. The number of carbonyl (C=O) groups excluding carboxylic acids is 1. The third-order valence-corrected chi connectivity index (χ3v) is 4.36. The van der Waals surface area contributed by atoms with Crippen molar-refractivity contribution in [2.45, 2.75) is 26.4 Å². The fourth-order valence-electron chi connectivity index (χ4n) is 2.20. The van der Waals surface area contributed by atoms with Gasteiger partial charge in [-0.2, -0.15) is 10.2 Å². The molecule has 3 aromatic rings. The van der Waals surface area contributed by atoms with Crippen LogP contribution in [0.15, 0.2) is 30.0 Å². The molecule has 3 rings (SSSR count). The minimum Gasteiger partial charge on any atom is -0.480 e. The predicted molar refractivity (Wildman–Crippen MR) is 91.5 cm³/mol. The average Bonchev–Trinajstić information content (AvgIpc) is 3.32. The van der Waals surface area contributed by atoms with Crippen LogP contribution >= 0.6 is 11.3 Å². The number of hydrogen-bond acceptors (Lipinski definition) is 6. The molecule has 10 heteroatoms. The summed E-state index contributed by atoms with van der Waals surface area (Å²) in [6.07, 6.45) is 4.98. The van der Waals surface area contributed by atoms with Gasteiger partial charge < -0.3 is 5.11 Å². The van der Waals surface area contributed by atoms with E-state index in [1.807, 2.05) is 18.5 Å². The first-order valence-electron chi connectivity index (χ1n) is 7.55. The Morgan fingerprint density at radius 2 is 2.20 bits per heavy atom. The van der Waals surface area contributed by atoms with E-state index >= 15 is 0 Å². The smallest absolute Gasteiger partial charge is 0.328 e. The number of hydrogen-bond donors (Lipinski definition) is 2. The van der Waals surface area contributed by atoms with Gasteiger partial charge in [0.2, 0.25) is 0 Å². The Kier molecular flexibility index (Phi) is 4.61. The zero-order chi connectivity index (χ0) is 18.0. The Bertz CT molecular complexity index is 912. The lowest BCUT2D eigenvalue weighted by molar-refractivity contribution is -0.140. The van der Waals surface area contributed by atoms with Gasteiger partial charge in [0.05, 0.1) is 11.9 Å². The van der Waals surface area contributed by atoms with Crippen molar-refractivity contribution in [3.63, 3.8) is 0 Å². The van der Waals surface area contributed by atoms with E-state index in [2.05, 4.69) is 20.5 Å². The zero-order valence-corrected chi connectivity index (χ0v) is 14.4. The highest BCUT2D eigenvalue weighted by atomic mass is 32.1. The summed E-state index contributed by atoms with van der Waals surface area (Å²) >= 11 is 1.28. The Balaban J connectivity index is 1.76. The van der Waals surface area contributed by atoms with Crippen molar-refractivity contribution < 1.29 is 14.7 Å². The number of nitrogens with zero attached hydrogens (tertiary/aromatic N) is 5. The molecule has 0 radical (unpaired) electrons. The number of thiazole rings is 1. The molecule has 1 atom stereocenters. The minimum atomic E-state index is -1.07. The molecule has 0 saturated carbocycles. The highest BCUT2D eigenvalue weighted by molar-refractivity contribution is 7.14. The van der Waals surface area contributed by atoms with E-state index < -0.39 is 17.9 Å². The number of anilines is 1. The van der Waals surface area contributed by atoms with E-state index in [0.717, 1.165) is 16.8 Å². The molecule has 0 spiro atoms. The first-order chi connectivity index (χ1) is 12.0. The first kappa shape index (κ1) is 16.8. The monoisotopic (exact) mass is 360 g/mol. The molecular weight excluding hydrogens is 344 g/mol. The van der Waals surface area contributed by atoms with E-state index in [0.29, 0.717) is 10.8 Å². The fourth-order valence-corrected chi connectivity index (χ4v) is 2.92. The SMILES string of the molecule is CCn1cc(-c2csc(NC(=O)c3ccnn3C(C)C(=O)O)n2)cn1. The van der Waals surface area contributed by atoms with Crippen LogP contribution in [0.4, 0.5) is 5.13 Å². The van der Waals surface area contributed by atoms with E-state index in [9.17, 15) is 9.59 Å². The Morgan fingerprint density at radius 3 is 2.88 bits per heavy atom. The molecule has 9 nitrogen and oxygen atoms in total. The van der Waals surface area contributed by atoms with E-state index in [4.69, 9.17) is 5.11 Å².